The molecule has 0 aromatic rings. The van der Waals surface area contributed by atoms with E-state index >= 15 is 0 Å². The number of ether oxygens (including phenoxy) is 1. The Hall–Kier alpha value is -1.10. The number of carbonyl (C=O) groups is 2. The van der Waals surface area contributed by atoms with Crippen molar-refractivity contribution >= 4 is 11.9 Å². The van der Waals surface area contributed by atoms with E-state index in [-0.39, 0.29) is 23.7 Å². The Bertz CT molecular complexity index is 355. The van der Waals surface area contributed by atoms with E-state index in [2.05, 4.69) is 5.32 Å². The monoisotopic (exact) mass is 284 g/mol. The molecular formula is C15H28N2O3. The van der Waals surface area contributed by atoms with E-state index in [0.717, 1.165) is 13.0 Å². The third kappa shape index (κ3) is 4.47. The highest BCUT2D eigenvalue weighted by molar-refractivity contribution is 5.86. The van der Waals surface area contributed by atoms with E-state index in [0.29, 0.717) is 6.54 Å². The smallest absolute Gasteiger partial charge is 0.329 e. The van der Waals surface area contributed by atoms with Crippen LogP contribution in [0.4, 0.5) is 0 Å². The lowest BCUT2D eigenvalue weighted by molar-refractivity contribution is -0.166. The van der Waals surface area contributed by atoms with Crippen molar-refractivity contribution in [2.75, 3.05) is 20.1 Å². The molecule has 1 rings (SSSR count). The Morgan fingerprint density at radius 1 is 1.30 bits per heavy atom. The van der Waals surface area contributed by atoms with Crippen LogP contribution in [-0.4, -0.2) is 48.6 Å². The summed E-state index contributed by atoms with van der Waals surface area (Å²) in [6.45, 7) is 10.9. The summed E-state index contributed by atoms with van der Waals surface area (Å²) in [5, 5.41) is 3.18. The summed E-state index contributed by atoms with van der Waals surface area (Å²) in [7, 11) is 1.70. The zero-order valence-electron chi connectivity index (χ0n) is 13.5. The first-order valence-electron chi connectivity index (χ1n) is 7.33. The predicted molar refractivity (Wildman–Crippen MR) is 78.2 cm³/mol. The average molecular weight is 284 g/mol. The standard InChI is InChI=1S/C15H28N2O3/c1-10(2)12(14(19)20-15(3,4)5)17(6)13(18)11-7-8-16-9-11/h10-12,16H,7-9H2,1-6H3/t11-,12-/m0/s1. The van der Waals surface area contributed by atoms with Gasteiger partial charge in [-0.25, -0.2) is 4.79 Å². The highest BCUT2D eigenvalue weighted by atomic mass is 16.6. The fourth-order valence-corrected chi connectivity index (χ4v) is 2.53. The van der Waals surface area contributed by atoms with Crippen LogP contribution in [0.25, 0.3) is 0 Å². The van der Waals surface area contributed by atoms with Crippen molar-refractivity contribution in [3.63, 3.8) is 0 Å². The van der Waals surface area contributed by atoms with Crippen molar-refractivity contribution in [1.82, 2.24) is 10.2 Å². The summed E-state index contributed by atoms with van der Waals surface area (Å²) in [5.41, 5.74) is -0.539. The minimum atomic E-state index is -0.539. The van der Waals surface area contributed by atoms with Crippen LogP contribution in [0.1, 0.15) is 41.0 Å². The molecule has 1 aliphatic rings. The van der Waals surface area contributed by atoms with Crippen LogP contribution in [0.2, 0.25) is 0 Å². The molecule has 1 heterocycles. The second-order valence-corrected chi connectivity index (χ2v) is 6.86. The Kier molecular flexibility index (Phi) is 5.57. The minimum Gasteiger partial charge on any atom is -0.458 e. The van der Waals surface area contributed by atoms with Gasteiger partial charge in [-0.05, 0) is 39.7 Å². The number of nitrogens with zero attached hydrogens (tertiary/aromatic N) is 1. The number of rotatable bonds is 4. The lowest BCUT2D eigenvalue weighted by Gasteiger charge is -2.33. The molecule has 1 N–H and O–H groups in total. The minimum absolute atomic E-state index is 0.0214. The zero-order valence-corrected chi connectivity index (χ0v) is 13.5. The lowest BCUT2D eigenvalue weighted by Crippen LogP contribution is -2.50. The Labute approximate surface area is 122 Å². The first-order chi connectivity index (χ1) is 9.13. The maximum Gasteiger partial charge on any atom is 0.329 e. The van der Waals surface area contributed by atoms with Crippen molar-refractivity contribution in [3.8, 4) is 0 Å². The van der Waals surface area contributed by atoms with Gasteiger partial charge in [0.15, 0.2) is 0 Å². The second kappa shape index (κ2) is 6.57. The molecule has 0 aliphatic carbocycles. The Morgan fingerprint density at radius 3 is 2.30 bits per heavy atom. The largest absolute Gasteiger partial charge is 0.458 e. The summed E-state index contributed by atoms with van der Waals surface area (Å²) in [6, 6.07) is -0.526. The predicted octanol–water partition coefficient (Wildman–Crippen LogP) is 1.42. The molecule has 1 fully saturated rings. The quantitative estimate of drug-likeness (QED) is 0.793. The number of likely N-dealkylation sites (N-methyl/N-ethyl adjacent to an activating group) is 1. The van der Waals surface area contributed by atoms with E-state index < -0.39 is 11.6 Å². The molecule has 1 amide bonds. The second-order valence-electron chi connectivity index (χ2n) is 6.86. The first kappa shape index (κ1) is 17.0. The maximum atomic E-state index is 12.4. The molecule has 5 nitrogen and oxygen atoms in total. The molecule has 0 radical (unpaired) electrons. The van der Waals surface area contributed by atoms with Gasteiger partial charge in [0.1, 0.15) is 11.6 Å². The van der Waals surface area contributed by atoms with Crippen molar-refractivity contribution in [2.24, 2.45) is 11.8 Å². The van der Waals surface area contributed by atoms with E-state index in [1.807, 2.05) is 34.6 Å². The van der Waals surface area contributed by atoms with Crippen LogP contribution in [0.3, 0.4) is 0 Å². The van der Waals surface area contributed by atoms with Crippen LogP contribution in [0.15, 0.2) is 0 Å². The Morgan fingerprint density at radius 2 is 1.90 bits per heavy atom. The molecule has 20 heavy (non-hydrogen) atoms. The van der Waals surface area contributed by atoms with Crippen molar-refractivity contribution < 1.29 is 14.3 Å². The highest BCUT2D eigenvalue weighted by Crippen LogP contribution is 2.20. The molecule has 0 aromatic heterocycles. The van der Waals surface area contributed by atoms with Gasteiger partial charge in [0.05, 0.1) is 5.92 Å². The number of hydrogen-bond acceptors (Lipinski definition) is 4. The van der Waals surface area contributed by atoms with Gasteiger partial charge in [-0.2, -0.15) is 0 Å². The summed E-state index contributed by atoms with van der Waals surface area (Å²) < 4.78 is 5.45. The van der Waals surface area contributed by atoms with E-state index in [1.165, 1.54) is 0 Å². The average Bonchev–Trinajstić information content (AvgIpc) is 2.77. The topological polar surface area (TPSA) is 58.6 Å². The fourth-order valence-electron chi connectivity index (χ4n) is 2.53. The number of amides is 1. The maximum absolute atomic E-state index is 12.4. The molecule has 2 atom stereocenters. The molecule has 5 heteroatoms. The van der Waals surface area contributed by atoms with Gasteiger partial charge in [0.2, 0.25) is 5.91 Å². The van der Waals surface area contributed by atoms with Crippen molar-refractivity contribution in [2.45, 2.75) is 52.7 Å². The zero-order chi connectivity index (χ0) is 15.5. The SMILES string of the molecule is CC(C)[C@@H](C(=O)OC(C)(C)C)N(C)C(=O)[C@H]1CCNC1. The van der Waals surface area contributed by atoms with E-state index in [1.54, 1.807) is 11.9 Å². The summed E-state index contributed by atoms with van der Waals surface area (Å²) >= 11 is 0. The molecule has 0 aromatic carbocycles. The van der Waals surface area contributed by atoms with Crippen LogP contribution in [0, 0.1) is 11.8 Å². The van der Waals surface area contributed by atoms with Crippen LogP contribution in [0.5, 0.6) is 0 Å². The van der Waals surface area contributed by atoms with Gasteiger partial charge >= 0.3 is 5.97 Å². The van der Waals surface area contributed by atoms with Gasteiger partial charge in [0, 0.05) is 13.6 Å². The summed E-state index contributed by atoms with van der Waals surface area (Å²) in [5.74, 6) is -0.300. The van der Waals surface area contributed by atoms with Crippen LogP contribution < -0.4 is 5.32 Å². The molecule has 0 saturated carbocycles. The van der Waals surface area contributed by atoms with Gasteiger partial charge in [-0.3, -0.25) is 4.79 Å². The fraction of sp³-hybridized carbons (Fsp3) is 0.867. The molecule has 0 bridgehead atoms. The lowest BCUT2D eigenvalue weighted by atomic mass is 9.99. The van der Waals surface area contributed by atoms with Gasteiger partial charge < -0.3 is 15.0 Å². The van der Waals surface area contributed by atoms with Gasteiger partial charge in [-0.15, -0.1) is 0 Å². The normalized spacial score (nSPS) is 20.9. The first-order valence-corrected chi connectivity index (χ1v) is 7.33. The van der Waals surface area contributed by atoms with Gasteiger partial charge in [0.25, 0.3) is 0 Å². The van der Waals surface area contributed by atoms with Crippen LogP contribution in [-0.2, 0) is 14.3 Å². The van der Waals surface area contributed by atoms with Gasteiger partial charge in [-0.1, -0.05) is 13.8 Å². The number of carbonyl (C=O) groups excluding carboxylic acids is 2. The van der Waals surface area contributed by atoms with E-state index in [4.69, 9.17) is 4.74 Å². The third-order valence-electron chi connectivity index (χ3n) is 3.45. The third-order valence-corrected chi connectivity index (χ3v) is 3.45. The summed E-state index contributed by atoms with van der Waals surface area (Å²) in [6.07, 6.45) is 0.836. The van der Waals surface area contributed by atoms with E-state index in [9.17, 15) is 9.59 Å². The Balaban J connectivity index is 2.79. The number of nitrogens with one attached hydrogen (secondary N) is 1. The number of esters is 1. The molecule has 0 unspecified atom stereocenters. The van der Waals surface area contributed by atoms with Crippen molar-refractivity contribution in [1.29, 1.82) is 0 Å². The molecule has 0 spiro atoms. The molecule has 1 aliphatic heterocycles. The van der Waals surface area contributed by atoms with Crippen LogP contribution >= 0.6 is 0 Å². The highest BCUT2D eigenvalue weighted by Gasteiger charge is 2.36. The van der Waals surface area contributed by atoms with Crippen molar-refractivity contribution in [3.05, 3.63) is 0 Å². The molecular weight excluding hydrogens is 256 g/mol. The molecule has 116 valence electrons. The summed E-state index contributed by atoms with van der Waals surface area (Å²) in [4.78, 5) is 26.3. The molecule has 1 saturated heterocycles. The number of hydrogen-bond donors (Lipinski definition) is 1.